The molecule has 3 rings (SSSR count). The Morgan fingerprint density at radius 2 is 1.62 bits per heavy atom. The van der Waals surface area contributed by atoms with Crippen molar-refractivity contribution >= 4 is 16.1 Å². The zero-order valence-corrected chi connectivity index (χ0v) is 19.3. The summed E-state index contributed by atoms with van der Waals surface area (Å²) in [5.41, 5.74) is 1.99. The molecule has 8 nitrogen and oxygen atoms in total. The predicted octanol–water partition coefficient (Wildman–Crippen LogP) is 3.41. The molecule has 3 aromatic rings. The second-order valence-corrected chi connectivity index (χ2v) is 8.86. The highest BCUT2D eigenvalue weighted by atomic mass is 32.2. The summed E-state index contributed by atoms with van der Waals surface area (Å²) < 4.78 is 37.5. The summed E-state index contributed by atoms with van der Waals surface area (Å²) in [5, 5.41) is 4.10. The largest absolute Gasteiger partial charge is 0.461 e. The Hall–Kier alpha value is -3.46. The Bertz CT molecular complexity index is 1340. The van der Waals surface area contributed by atoms with Gasteiger partial charge in [0.1, 0.15) is 4.90 Å². The maximum atomic E-state index is 13.1. The Kier molecular flexibility index (Phi) is 6.50. The van der Waals surface area contributed by atoms with Crippen LogP contribution in [0.4, 0.5) is 0 Å². The fourth-order valence-corrected chi connectivity index (χ4v) is 4.89. The van der Waals surface area contributed by atoms with E-state index >= 15 is 0 Å². The van der Waals surface area contributed by atoms with E-state index in [-0.39, 0.29) is 11.5 Å². The highest BCUT2D eigenvalue weighted by Gasteiger charge is 2.28. The zero-order valence-electron chi connectivity index (χ0n) is 18.5. The van der Waals surface area contributed by atoms with Gasteiger partial charge in [-0.05, 0) is 57.4 Å². The fourth-order valence-electron chi connectivity index (χ4n) is 3.54. The molecule has 0 spiro atoms. The van der Waals surface area contributed by atoms with Gasteiger partial charge in [0.05, 0.1) is 18.4 Å². The summed E-state index contributed by atoms with van der Waals surface area (Å²) in [6, 6.07) is 11.3. The molecule has 0 amide bonds. The van der Waals surface area contributed by atoms with Gasteiger partial charge < -0.3 is 8.92 Å². The number of para-hydroxylation sites is 1. The molecule has 0 saturated heterocycles. The molecular formula is C23H24N2O6S. The van der Waals surface area contributed by atoms with Gasteiger partial charge in [0, 0.05) is 0 Å². The van der Waals surface area contributed by atoms with Gasteiger partial charge in [-0.2, -0.15) is 18.2 Å². The van der Waals surface area contributed by atoms with E-state index in [1.54, 1.807) is 64.1 Å². The molecule has 2 aromatic carbocycles. The van der Waals surface area contributed by atoms with E-state index < -0.39 is 33.1 Å². The molecule has 0 aliphatic rings. The minimum absolute atomic E-state index is 0.0269. The summed E-state index contributed by atoms with van der Waals surface area (Å²) in [4.78, 5) is 25.3. The van der Waals surface area contributed by atoms with E-state index in [4.69, 9.17) is 8.92 Å². The average molecular weight is 457 g/mol. The van der Waals surface area contributed by atoms with Crippen LogP contribution in [-0.4, -0.2) is 30.8 Å². The lowest BCUT2D eigenvalue weighted by Gasteiger charge is -2.15. The summed E-state index contributed by atoms with van der Waals surface area (Å²) in [6.45, 7) is 8.57. The van der Waals surface area contributed by atoms with Crippen LogP contribution in [0.25, 0.3) is 5.69 Å². The number of nitrogens with zero attached hydrogens (tertiary/aromatic N) is 2. The normalized spacial score (nSPS) is 11.3. The van der Waals surface area contributed by atoms with E-state index in [1.165, 1.54) is 0 Å². The van der Waals surface area contributed by atoms with Crippen molar-refractivity contribution in [3.8, 4) is 11.4 Å². The Morgan fingerprint density at radius 1 is 1.00 bits per heavy atom. The minimum Gasteiger partial charge on any atom is -0.461 e. The topological polar surface area (TPSA) is 105 Å². The fraction of sp³-hybridized carbons (Fsp3) is 0.261. The predicted molar refractivity (Wildman–Crippen MR) is 119 cm³/mol. The highest BCUT2D eigenvalue weighted by molar-refractivity contribution is 7.87. The van der Waals surface area contributed by atoms with Crippen molar-refractivity contribution < 1.29 is 22.1 Å². The standard InChI is InChI=1S/C23H24N2O6S/c1-6-30-23(27)21-19(13-20(26)25(24-21)18-10-8-7-9-15(18)3)31-32(28,29)22-16(4)11-14(2)12-17(22)5/h7-13H,6H2,1-5H3. The lowest BCUT2D eigenvalue weighted by molar-refractivity contribution is 0.0515. The lowest BCUT2D eigenvalue weighted by atomic mass is 10.1. The number of rotatable bonds is 6. The Morgan fingerprint density at radius 3 is 2.22 bits per heavy atom. The van der Waals surface area contributed by atoms with Gasteiger partial charge in [0.15, 0.2) is 5.75 Å². The quantitative estimate of drug-likeness (QED) is 0.413. The number of carbonyl (C=O) groups is 1. The maximum absolute atomic E-state index is 13.1. The van der Waals surface area contributed by atoms with Gasteiger partial charge in [-0.1, -0.05) is 35.9 Å². The van der Waals surface area contributed by atoms with Crippen molar-refractivity contribution in [1.82, 2.24) is 9.78 Å². The van der Waals surface area contributed by atoms with Gasteiger partial charge in [0.25, 0.3) is 5.56 Å². The van der Waals surface area contributed by atoms with Crippen molar-refractivity contribution in [2.75, 3.05) is 6.61 Å². The molecule has 9 heteroatoms. The van der Waals surface area contributed by atoms with Gasteiger partial charge in [0.2, 0.25) is 5.69 Å². The van der Waals surface area contributed by atoms with Crippen LogP contribution in [-0.2, 0) is 14.9 Å². The summed E-state index contributed by atoms with van der Waals surface area (Å²) in [6.07, 6.45) is 0. The first-order chi connectivity index (χ1) is 15.0. The monoisotopic (exact) mass is 456 g/mol. The Balaban J connectivity index is 2.18. The number of benzene rings is 2. The van der Waals surface area contributed by atoms with Crippen LogP contribution < -0.4 is 9.74 Å². The zero-order chi connectivity index (χ0) is 23.6. The number of aromatic nitrogens is 2. The molecule has 0 aliphatic carbocycles. The molecule has 1 heterocycles. The molecule has 0 saturated carbocycles. The van der Waals surface area contributed by atoms with Crippen molar-refractivity contribution in [1.29, 1.82) is 0 Å². The Labute approximate surface area is 186 Å². The first-order valence-electron chi connectivity index (χ1n) is 9.95. The first-order valence-corrected chi connectivity index (χ1v) is 11.4. The summed E-state index contributed by atoms with van der Waals surface area (Å²) >= 11 is 0. The van der Waals surface area contributed by atoms with E-state index in [2.05, 4.69) is 5.10 Å². The molecular weight excluding hydrogens is 432 g/mol. The van der Waals surface area contributed by atoms with E-state index in [9.17, 15) is 18.0 Å². The second-order valence-electron chi connectivity index (χ2n) is 7.38. The van der Waals surface area contributed by atoms with E-state index in [0.717, 1.165) is 21.9 Å². The van der Waals surface area contributed by atoms with Crippen molar-refractivity contribution in [2.24, 2.45) is 0 Å². The number of hydrogen-bond donors (Lipinski definition) is 0. The van der Waals surface area contributed by atoms with Crippen LogP contribution >= 0.6 is 0 Å². The molecule has 32 heavy (non-hydrogen) atoms. The smallest absolute Gasteiger partial charge is 0.362 e. The van der Waals surface area contributed by atoms with E-state index in [1.807, 2.05) is 6.92 Å². The van der Waals surface area contributed by atoms with Crippen LogP contribution in [0.5, 0.6) is 5.75 Å². The van der Waals surface area contributed by atoms with Crippen LogP contribution in [0, 0.1) is 27.7 Å². The number of carbonyl (C=O) groups excluding carboxylic acids is 1. The van der Waals surface area contributed by atoms with E-state index in [0.29, 0.717) is 16.8 Å². The minimum atomic E-state index is -4.36. The maximum Gasteiger partial charge on any atom is 0.362 e. The molecule has 0 aliphatic heterocycles. The van der Waals surface area contributed by atoms with Crippen LogP contribution in [0.15, 0.2) is 52.2 Å². The van der Waals surface area contributed by atoms with Crippen molar-refractivity contribution in [2.45, 2.75) is 39.5 Å². The summed E-state index contributed by atoms with van der Waals surface area (Å²) in [5.74, 6) is -1.39. The van der Waals surface area contributed by atoms with Gasteiger partial charge in [-0.15, -0.1) is 0 Å². The number of hydrogen-bond acceptors (Lipinski definition) is 7. The lowest BCUT2D eigenvalue weighted by Crippen LogP contribution is -2.26. The molecule has 168 valence electrons. The van der Waals surface area contributed by atoms with Crippen LogP contribution in [0.2, 0.25) is 0 Å². The SMILES string of the molecule is CCOC(=O)c1nn(-c2ccccc2C)c(=O)cc1OS(=O)(=O)c1c(C)cc(C)cc1C. The average Bonchev–Trinajstić information content (AvgIpc) is 2.67. The third-order valence-electron chi connectivity index (χ3n) is 4.76. The van der Waals surface area contributed by atoms with Crippen molar-refractivity contribution in [3.05, 3.63) is 80.8 Å². The number of ether oxygens (including phenoxy) is 1. The number of aryl methyl sites for hydroxylation is 4. The van der Waals surface area contributed by atoms with Crippen LogP contribution in [0.3, 0.4) is 0 Å². The second kappa shape index (κ2) is 8.96. The molecule has 0 unspecified atom stereocenters. The first kappa shape index (κ1) is 23.2. The van der Waals surface area contributed by atoms with Gasteiger partial charge >= 0.3 is 16.1 Å². The highest BCUT2D eigenvalue weighted by Crippen LogP contribution is 2.27. The summed E-state index contributed by atoms with van der Waals surface area (Å²) in [7, 11) is -4.36. The molecule has 1 aromatic heterocycles. The molecule has 0 fully saturated rings. The molecule has 0 N–H and O–H groups in total. The molecule has 0 atom stereocenters. The van der Waals surface area contributed by atoms with Crippen LogP contribution in [0.1, 0.15) is 39.7 Å². The van der Waals surface area contributed by atoms with Crippen molar-refractivity contribution in [3.63, 3.8) is 0 Å². The molecule has 0 radical (unpaired) electrons. The van der Waals surface area contributed by atoms with Gasteiger partial charge in [-0.25, -0.2) is 4.79 Å². The van der Waals surface area contributed by atoms with Gasteiger partial charge in [-0.3, -0.25) is 4.79 Å². The molecule has 0 bridgehead atoms. The third kappa shape index (κ3) is 4.57. The number of esters is 1. The third-order valence-corrected chi connectivity index (χ3v) is 6.31.